The van der Waals surface area contributed by atoms with Gasteiger partial charge in [-0.25, -0.2) is 0 Å². The van der Waals surface area contributed by atoms with Crippen molar-refractivity contribution < 1.29 is 0 Å². The minimum atomic E-state index is 0.106. The summed E-state index contributed by atoms with van der Waals surface area (Å²) in [4.78, 5) is 3.34. The largest absolute Gasteiger partial charge is 0.356 e. The number of benzene rings is 1. The lowest BCUT2D eigenvalue weighted by molar-refractivity contribution is 0.682. The van der Waals surface area contributed by atoms with Gasteiger partial charge in [0.15, 0.2) is 0 Å². The molecule has 3 heteroatoms. The number of aromatic nitrogens is 1. The minimum absolute atomic E-state index is 0.106. The van der Waals surface area contributed by atoms with Crippen LogP contribution in [-0.4, -0.2) is 4.98 Å². The van der Waals surface area contributed by atoms with Crippen LogP contribution < -0.4 is 5.73 Å². The Morgan fingerprint density at radius 2 is 2.29 bits per heavy atom. The number of halogens is 1. The molecular weight excluding hydrogens is 240 g/mol. The first-order valence-electron chi connectivity index (χ1n) is 4.75. The molecule has 0 bridgehead atoms. The molecule has 0 saturated heterocycles. The second-order valence-corrected chi connectivity index (χ2v) is 4.30. The summed E-state index contributed by atoms with van der Waals surface area (Å²) in [6.07, 6.45) is 0.949. The van der Waals surface area contributed by atoms with Gasteiger partial charge in [0.25, 0.3) is 0 Å². The molecule has 1 heterocycles. The van der Waals surface area contributed by atoms with E-state index in [-0.39, 0.29) is 6.04 Å². The topological polar surface area (TPSA) is 41.8 Å². The third-order valence-electron chi connectivity index (χ3n) is 2.47. The van der Waals surface area contributed by atoms with E-state index in [0.29, 0.717) is 0 Å². The average Bonchev–Trinajstić information content (AvgIpc) is 2.62. The molecule has 0 unspecified atom stereocenters. The summed E-state index contributed by atoms with van der Waals surface area (Å²) in [5, 5.41) is 1.21. The molecule has 0 fully saturated rings. The number of aromatic amines is 1. The Morgan fingerprint density at radius 3 is 2.93 bits per heavy atom. The van der Waals surface area contributed by atoms with Gasteiger partial charge in [0.1, 0.15) is 0 Å². The maximum Gasteiger partial charge on any atom is 0.0600 e. The van der Waals surface area contributed by atoms with Crippen molar-refractivity contribution in [3.05, 3.63) is 34.4 Å². The van der Waals surface area contributed by atoms with Gasteiger partial charge in [0.2, 0.25) is 0 Å². The number of nitrogens with one attached hydrogen (secondary N) is 1. The van der Waals surface area contributed by atoms with E-state index in [1.165, 1.54) is 5.39 Å². The van der Waals surface area contributed by atoms with Crippen LogP contribution in [-0.2, 0) is 0 Å². The molecule has 0 aliphatic carbocycles. The van der Waals surface area contributed by atoms with Crippen LogP contribution in [0.5, 0.6) is 0 Å². The number of hydrogen-bond donors (Lipinski definition) is 2. The van der Waals surface area contributed by atoms with Crippen LogP contribution in [0.3, 0.4) is 0 Å². The molecule has 3 N–H and O–H groups in total. The fourth-order valence-electron chi connectivity index (χ4n) is 1.56. The monoisotopic (exact) mass is 252 g/mol. The first-order valence-corrected chi connectivity index (χ1v) is 5.54. The number of nitrogens with two attached hydrogens (primary N) is 1. The molecule has 0 saturated carbocycles. The molecule has 1 aromatic heterocycles. The summed E-state index contributed by atoms with van der Waals surface area (Å²) in [7, 11) is 0. The zero-order valence-electron chi connectivity index (χ0n) is 8.05. The van der Waals surface area contributed by atoms with E-state index in [2.05, 4.69) is 40.0 Å². The van der Waals surface area contributed by atoms with Crippen molar-refractivity contribution >= 4 is 26.8 Å². The molecule has 0 aliphatic rings. The fourth-order valence-corrected chi connectivity index (χ4v) is 2.04. The predicted octanol–water partition coefficient (Wildman–Crippen LogP) is 3.34. The molecule has 0 radical (unpaired) electrons. The van der Waals surface area contributed by atoms with E-state index >= 15 is 0 Å². The summed E-state index contributed by atoms with van der Waals surface area (Å²) >= 11 is 3.51. The smallest absolute Gasteiger partial charge is 0.0600 e. The maximum atomic E-state index is 5.96. The summed E-state index contributed by atoms with van der Waals surface area (Å²) in [6, 6.07) is 8.37. The van der Waals surface area contributed by atoms with E-state index in [9.17, 15) is 0 Å². The molecule has 1 aromatic carbocycles. The van der Waals surface area contributed by atoms with E-state index in [1.807, 2.05) is 12.1 Å². The van der Waals surface area contributed by atoms with Gasteiger partial charge in [0.05, 0.1) is 5.52 Å². The van der Waals surface area contributed by atoms with Crippen LogP contribution in [0.25, 0.3) is 10.9 Å². The van der Waals surface area contributed by atoms with Gasteiger partial charge in [-0.1, -0.05) is 19.1 Å². The van der Waals surface area contributed by atoms with Gasteiger partial charge in [-0.05, 0) is 34.5 Å². The van der Waals surface area contributed by atoms with Crippen LogP contribution in [0.4, 0.5) is 0 Å². The standard InChI is InChI=1S/C11H13BrN2/c1-2-9(13)10-6-7-4-3-5-8(12)11(7)14-10/h3-6,9,14H,2,13H2,1H3/t9-/m0/s1. The van der Waals surface area contributed by atoms with Gasteiger partial charge in [-0.15, -0.1) is 0 Å². The molecule has 2 nitrogen and oxygen atoms in total. The Kier molecular flexibility index (Phi) is 2.61. The summed E-state index contributed by atoms with van der Waals surface area (Å²) in [5.74, 6) is 0. The van der Waals surface area contributed by atoms with Gasteiger partial charge in [0, 0.05) is 21.6 Å². The summed E-state index contributed by atoms with van der Waals surface area (Å²) in [6.45, 7) is 2.09. The summed E-state index contributed by atoms with van der Waals surface area (Å²) in [5.41, 5.74) is 8.20. The van der Waals surface area contributed by atoms with Crippen LogP contribution in [0.2, 0.25) is 0 Å². The minimum Gasteiger partial charge on any atom is -0.356 e. The predicted molar refractivity (Wildman–Crippen MR) is 63.2 cm³/mol. The Balaban J connectivity index is 2.56. The normalized spacial score (nSPS) is 13.4. The number of rotatable bonds is 2. The Morgan fingerprint density at radius 1 is 1.50 bits per heavy atom. The highest BCUT2D eigenvalue weighted by atomic mass is 79.9. The van der Waals surface area contributed by atoms with Crippen molar-refractivity contribution in [2.45, 2.75) is 19.4 Å². The quantitative estimate of drug-likeness (QED) is 0.846. The second kappa shape index (κ2) is 3.75. The zero-order chi connectivity index (χ0) is 10.1. The highest BCUT2D eigenvalue weighted by Gasteiger charge is 2.08. The van der Waals surface area contributed by atoms with Crippen molar-refractivity contribution in [2.75, 3.05) is 0 Å². The highest BCUT2D eigenvalue weighted by Crippen LogP contribution is 2.26. The number of H-pyrrole nitrogens is 1. The fraction of sp³-hybridized carbons (Fsp3) is 0.273. The van der Waals surface area contributed by atoms with E-state index in [4.69, 9.17) is 5.73 Å². The molecule has 2 rings (SSSR count). The van der Waals surface area contributed by atoms with Gasteiger partial charge < -0.3 is 10.7 Å². The van der Waals surface area contributed by atoms with Crippen molar-refractivity contribution in [2.24, 2.45) is 5.73 Å². The molecular formula is C11H13BrN2. The number of hydrogen-bond acceptors (Lipinski definition) is 1. The van der Waals surface area contributed by atoms with Crippen molar-refractivity contribution in [1.82, 2.24) is 4.98 Å². The molecule has 14 heavy (non-hydrogen) atoms. The Hall–Kier alpha value is -0.800. The van der Waals surface area contributed by atoms with Crippen LogP contribution >= 0.6 is 15.9 Å². The lowest BCUT2D eigenvalue weighted by atomic mass is 10.1. The van der Waals surface area contributed by atoms with Gasteiger partial charge in [-0.2, -0.15) is 0 Å². The number of para-hydroxylation sites is 1. The molecule has 0 aliphatic heterocycles. The lowest BCUT2D eigenvalue weighted by Gasteiger charge is -2.04. The zero-order valence-corrected chi connectivity index (χ0v) is 9.64. The van der Waals surface area contributed by atoms with Gasteiger partial charge in [-0.3, -0.25) is 0 Å². The maximum absolute atomic E-state index is 5.96. The van der Waals surface area contributed by atoms with Crippen molar-refractivity contribution in [1.29, 1.82) is 0 Å². The second-order valence-electron chi connectivity index (χ2n) is 3.44. The number of fused-ring (bicyclic) bond motifs is 1. The molecule has 1 atom stereocenters. The van der Waals surface area contributed by atoms with Gasteiger partial charge >= 0.3 is 0 Å². The first-order chi connectivity index (χ1) is 6.72. The van der Waals surface area contributed by atoms with Crippen molar-refractivity contribution in [3.8, 4) is 0 Å². The van der Waals surface area contributed by atoms with Crippen LogP contribution in [0, 0.1) is 0 Å². The van der Waals surface area contributed by atoms with Crippen LogP contribution in [0.1, 0.15) is 25.1 Å². The van der Waals surface area contributed by atoms with Crippen LogP contribution in [0.15, 0.2) is 28.7 Å². The molecule has 74 valence electrons. The molecule has 2 aromatic rings. The first kappa shape index (κ1) is 9.74. The van der Waals surface area contributed by atoms with E-state index in [0.717, 1.165) is 22.1 Å². The van der Waals surface area contributed by atoms with E-state index in [1.54, 1.807) is 0 Å². The molecule has 0 amide bonds. The average molecular weight is 253 g/mol. The Labute approximate surface area is 91.6 Å². The highest BCUT2D eigenvalue weighted by molar-refractivity contribution is 9.10. The Bertz CT molecular complexity index is 447. The third-order valence-corrected chi connectivity index (χ3v) is 3.13. The third kappa shape index (κ3) is 1.57. The van der Waals surface area contributed by atoms with E-state index < -0.39 is 0 Å². The SMILES string of the molecule is CC[C@H](N)c1cc2cccc(Br)c2[nH]1. The van der Waals surface area contributed by atoms with Crippen molar-refractivity contribution in [3.63, 3.8) is 0 Å². The summed E-state index contributed by atoms with van der Waals surface area (Å²) < 4.78 is 1.09. The lowest BCUT2D eigenvalue weighted by Crippen LogP contribution is -2.08. The molecule has 0 spiro atoms.